The predicted molar refractivity (Wildman–Crippen MR) is 561 cm³/mol. The molecule has 0 bridgehead atoms. The van der Waals surface area contributed by atoms with Crippen LogP contribution in [0.15, 0.2) is 117 Å². The summed E-state index contributed by atoms with van der Waals surface area (Å²) in [7, 11) is 0. The highest BCUT2D eigenvalue weighted by molar-refractivity contribution is 7.16. The third kappa shape index (κ3) is 21.5. The lowest BCUT2D eigenvalue weighted by Crippen LogP contribution is -2.51. The number of halogens is 4. The summed E-state index contributed by atoms with van der Waals surface area (Å²) in [5.74, 6) is 5.57. The summed E-state index contributed by atoms with van der Waals surface area (Å²) in [6, 6.07) is 28.6. The summed E-state index contributed by atoms with van der Waals surface area (Å²) in [4.78, 5) is 152. The van der Waals surface area contributed by atoms with Crippen LogP contribution >= 0.6 is 91.8 Å². The van der Waals surface area contributed by atoms with Gasteiger partial charge in [-0.15, -0.1) is 86.1 Å². The van der Waals surface area contributed by atoms with E-state index in [9.17, 15) is 43.2 Å². The topological polar surface area (TPSA) is 352 Å². The SMILES string of the molecule is CC(=O)CC(=O)N1CCN(C(=O)C[C@@H]2N=C(c3ccc(Cl)cc3)c3c(sc(C)c3C)-n3c(C)nnc32)CC1.CC(=O)CN1CCN(C(=O)C[C@@H]2N=C(c3ccc(Cl)cc3)c3c(sc(C)c3C)-n3c(C)nnc32)CC1.CC(=O)N1CCN(C(=O)C[C@@H]2N=C(c3ccc(Cl)cc3)c3c(sc(C)c3C)-n3c(C)nnc32)CC1.CC(=O)N1CCN(C(=O)C[C@@H]2N=C(c3ccc(Cl)cc3)c3c(sc(C)c3C)-n3c(C)nnc32)CC1. The second-order valence-corrected chi connectivity index (χ2v) is 43.8. The number of piperazine rings is 4. The van der Waals surface area contributed by atoms with Gasteiger partial charge in [-0.25, -0.2) is 0 Å². The van der Waals surface area contributed by atoms with Crippen molar-refractivity contribution in [2.75, 3.05) is 111 Å². The van der Waals surface area contributed by atoms with Crippen LogP contribution in [0, 0.1) is 83.1 Å². The highest BCUT2D eigenvalue weighted by Gasteiger charge is 2.42. The molecule has 0 N–H and O–H groups in total. The molecule has 20 rings (SSSR count). The summed E-state index contributed by atoms with van der Waals surface area (Å²) >= 11 is 31.5. The van der Waals surface area contributed by atoms with Gasteiger partial charge in [-0.2, -0.15) is 0 Å². The van der Waals surface area contributed by atoms with Crippen LogP contribution in [0.4, 0.5) is 0 Å². The van der Waals surface area contributed by atoms with Gasteiger partial charge in [0.25, 0.3) is 0 Å². The minimum absolute atomic E-state index is 0.00256. The molecule has 4 fully saturated rings. The number of hydrogen-bond acceptors (Lipinski definition) is 26. The number of rotatable bonds is 16. The Kier molecular flexibility index (Phi) is 31.2. The van der Waals surface area contributed by atoms with E-state index in [1.54, 1.807) is 85.7 Å². The van der Waals surface area contributed by atoms with E-state index in [0.717, 1.165) is 133 Å². The summed E-state index contributed by atoms with van der Waals surface area (Å²) in [6.45, 7) is 39.6. The molecule has 7 amide bonds. The third-order valence-electron chi connectivity index (χ3n) is 27.6. The minimum Gasteiger partial charge on any atom is -0.340 e. The maximum Gasteiger partial charge on any atom is 0.230 e. The molecule has 8 aliphatic rings. The zero-order chi connectivity index (χ0) is 102. The van der Waals surface area contributed by atoms with Crippen molar-refractivity contribution in [2.24, 2.45) is 20.0 Å². The normalized spacial score (nSPS) is 17.5. The van der Waals surface area contributed by atoms with Gasteiger partial charge in [-0.3, -0.25) is 86.3 Å². The Hall–Kier alpha value is -12.3. The molecule has 0 unspecified atom stereocenters. The number of amides is 7. The molecule has 4 aromatic carbocycles. The molecule has 16 heterocycles. The monoisotopic (exact) mass is 2100 g/mol. The molecule has 8 aromatic heterocycles. The fourth-order valence-electron chi connectivity index (χ4n) is 19.2. The van der Waals surface area contributed by atoms with Crippen LogP contribution in [0.25, 0.3) is 20.0 Å². The molecule has 41 heteroatoms. The number of fused-ring (bicyclic) bond motifs is 12. The number of thiophene rings is 4. The second-order valence-electron chi connectivity index (χ2n) is 37.2. The zero-order valence-electron chi connectivity index (χ0n) is 83.2. The molecule has 33 nitrogen and oxygen atoms in total. The Morgan fingerprint density at radius 3 is 0.694 bits per heavy atom. The van der Waals surface area contributed by atoms with Gasteiger partial charge in [-0.1, -0.05) is 94.9 Å². The number of carbonyl (C=O) groups is 9. The number of Topliss-reactive ketones (excluding diaryl/α,β-unsaturated/α-hetero) is 2. The summed E-state index contributed by atoms with van der Waals surface area (Å²) in [5.41, 5.74) is 15.9. The Bertz CT molecular complexity index is 6940. The van der Waals surface area contributed by atoms with E-state index in [1.165, 1.54) is 26.4 Å². The van der Waals surface area contributed by atoms with E-state index in [4.69, 9.17) is 66.4 Å². The molecule has 0 saturated carbocycles. The van der Waals surface area contributed by atoms with Crippen molar-refractivity contribution in [1.29, 1.82) is 0 Å². The molecule has 750 valence electrons. The lowest BCUT2D eigenvalue weighted by atomic mass is 9.99. The molecule has 144 heavy (non-hydrogen) atoms. The van der Waals surface area contributed by atoms with Crippen LogP contribution in [0.1, 0.15) is 217 Å². The van der Waals surface area contributed by atoms with Crippen LogP contribution in [-0.4, -0.2) is 285 Å². The molecule has 0 spiro atoms. The van der Waals surface area contributed by atoms with Crippen molar-refractivity contribution >= 4 is 168 Å². The van der Waals surface area contributed by atoms with Gasteiger partial charge in [0.05, 0.1) is 61.5 Å². The van der Waals surface area contributed by atoms with E-state index in [2.05, 4.69) is 115 Å². The van der Waals surface area contributed by atoms with Crippen molar-refractivity contribution in [3.05, 3.63) is 250 Å². The summed E-state index contributed by atoms with van der Waals surface area (Å²) < 4.78 is 8.20. The van der Waals surface area contributed by atoms with Crippen LogP contribution in [0.5, 0.6) is 0 Å². The molecule has 0 aliphatic carbocycles. The molecule has 12 aromatic rings. The first-order valence-corrected chi connectivity index (χ1v) is 52.7. The summed E-state index contributed by atoms with van der Waals surface area (Å²) in [5, 5.41) is 42.0. The maximum absolute atomic E-state index is 13.5. The van der Waals surface area contributed by atoms with Crippen LogP contribution in [0.2, 0.25) is 20.1 Å². The smallest absolute Gasteiger partial charge is 0.230 e. The number of benzene rings is 4. The van der Waals surface area contributed by atoms with Crippen LogP contribution in [-0.2, 0) is 43.2 Å². The Balaban J connectivity index is 0.000000132. The largest absolute Gasteiger partial charge is 0.340 e. The summed E-state index contributed by atoms with van der Waals surface area (Å²) in [6.07, 6.45) is 0.596. The molecule has 8 aliphatic heterocycles. The Morgan fingerprint density at radius 2 is 0.486 bits per heavy atom. The first-order valence-electron chi connectivity index (χ1n) is 47.9. The Morgan fingerprint density at radius 1 is 0.278 bits per heavy atom. The molecule has 4 atom stereocenters. The lowest BCUT2D eigenvalue weighted by molar-refractivity contribution is -0.141. The number of hydrogen-bond donors (Lipinski definition) is 0. The van der Waals surface area contributed by atoms with E-state index in [-0.39, 0.29) is 85.0 Å². The van der Waals surface area contributed by atoms with Gasteiger partial charge in [0.2, 0.25) is 41.4 Å². The number of nitrogens with zero attached hydrogens (tertiary/aromatic N) is 24. The van der Waals surface area contributed by atoms with E-state index >= 15 is 0 Å². The second kappa shape index (κ2) is 43.5. The average Bonchev–Trinajstić information content (AvgIpc) is 1.60. The number of aliphatic imine (C=N–C) groups is 4. The number of aryl methyl sites for hydroxylation is 8. The lowest BCUT2D eigenvalue weighted by Gasteiger charge is -2.35. The van der Waals surface area contributed by atoms with E-state index in [1.807, 2.05) is 144 Å². The van der Waals surface area contributed by atoms with E-state index < -0.39 is 24.2 Å². The van der Waals surface area contributed by atoms with Crippen LogP contribution in [0.3, 0.4) is 0 Å². The standard InChI is InChI=1S/C27H29ClN6O3S.C26H29ClN6O2S.2C25H27ClN6O2S/c1-15(35)13-22(36)32-9-11-33(12-10-32)23(37)14-21-26-31-30-18(4)34(26)27-24(16(2)17(3)38-27)25(29-21)19-5-7-20(28)8-6-19;1-15(34)14-31-9-11-32(12-10-31)22(35)13-21-25-30-29-18(4)33(25)26-23(16(2)17(3)36-26)24(28-21)19-5-7-20(27)8-6-19;2*1-14-15(2)35-25-22(14)23(18-5-7-19(26)8-6-18)27-20(24-29-28-16(3)32(24)25)13-21(34)31-11-9-30(10-12-31)17(4)33/h5-8,21H,9-14H2,1-4H3;5-8,21H,9-14H2,1-4H3;2*5-8,20H,9-13H2,1-4H3/t2*21-;2*20-/m0000/s1. The molecule has 4 saturated heterocycles. The van der Waals surface area contributed by atoms with Crippen molar-refractivity contribution in [3.63, 3.8) is 0 Å². The highest BCUT2D eigenvalue weighted by atomic mass is 35.5. The first kappa shape index (κ1) is 103. The van der Waals surface area contributed by atoms with Crippen molar-refractivity contribution in [3.8, 4) is 20.0 Å². The van der Waals surface area contributed by atoms with Gasteiger partial charge < -0.3 is 34.3 Å². The fraction of sp³-hybridized carbons (Fsp3) is 0.408. The quantitative estimate of drug-likeness (QED) is 0.0811. The van der Waals surface area contributed by atoms with Gasteiger partial charge in [0.15, 0.2) is 23.3 Å². The highest BCUT2D eigenvalue weighted by Crippen LogP contribution is 2.46. The number of ketones is 2. The van der Waals surface area contributed by atoms with Gasteiger partial charge in [0, 0.05) is 203 Å². The van der Waals surface area contributed by atoms with Crippen molar-refractivity contribution < 1.29 is 43.2 Å². The molecular weight excluding hydrogens is 1990 g/mol. The fourth-order valence-corrected chi connectivity index (χ4v) is 24.6. The molecular formula is C103H112Cl4N24O9S4. The third-order valence-corrected chi connectivity index (χ3v) is 33.4. The van der Waals surface area contributed by atoms with E-state index in [0.29, 0.717) is 155 Å². The zero-order valence-corrected chi connectivity index (χ0v) is 89.4. The van der Waals surface area contributed by atoms with Gasteiger partial charge in [-0.05, 0) is 168 Å². The maximum atomic E-state index is 13.5. The van der Waals surface area contributed by atoms with Crippen molar-refractivity contribution in [2.45, 2.75) is 167 Å². The molecule has 0 radical (unpaired) electrons. The average molecular weight is 2100 g/mol. The van der Waals surface area contributed by atoms with Crippen molar-refractivity contribution in [1.82, 2.24) is 98.3 Å². The van der Waals surface area contributed by atoms with Crippen LogP contribution < -0.4 is 0 Å². The van der Waals surface area contributed by atoms with Gasteiger partial charge in [0.1, 0.15) is 79.0 Å². The Labute approximate surface area is 870 Å². The first-order chi connectivity index (χ1) is 68.8. The number of carbonyl (C=O) groups excluding carboxylic acids is 9. The minimum atomic E-state index is -0.536. The number of aromatic nitrogens is 12. The van der Waals surface area contributed by atoms with Gasteiger partial charge >= 0.3 is 0 Å². The predicted octanol–water partition coefficient (Wildman–Crippen LogP) is 15.5.